The van der Waals surface area contributed by atoms with E-state index in [9.17, 15) is 14.0 Å². The van der Waals surface area contributed by atoms with Crippen molar-refractivity contribution in [1.29, 1.82) is 0 Å². The van der Waals surface area contributed by atoms with Crippen LogP contribution in [-0.2, 0) is 14.3 Å². The summed E-state index contributed by atoms with van der Waals surface area (Å²) in [6, 6.07) is 2.21. The maximum absolute atomic E-state index is 13.4. The van der Waals surface area contributed by atoms with Crippen molar-refractivity contribution in [2.75, 3.05) is 6.61 Å². The summed E-state index contributed by atoms with van der Waals surface area (Å²) in [5, 5.41) is 11.3. The molecule has 2 unspecified atom stereocenters. The number of nitrogens with one attached hydrogen (secondary N) is 1. The first-order chi connectivity index (χ1) is 9.85. The van der Waals surface area contributed by atoms with Gasteiger partial charge in [-0.1, -0.05) is 24.6 Å². The van der Waals surface area contributed by atoms with Crippen LogP contribution < -0.4 is 5.32 Å². The smallest absolute Gasteiger partial charge is 0.330 e. The number of benzene rings is 1. The third-order valence-electron chi connectivity index (χ3n) is 2.90. The highest BCUT2D eigenvalue weighted by Crippen LogP contribution is 2.20. The third kappa shape index (κ3) is 5.32. The second kappa shape index (κ2) is 7.95. The van der Waals surface area contributed by atoms with E-state index in [2.05, 4.69) is 5.32 Å². The fourth-order valence-corrected chi connectivity index (χ4v) is 1.64. The number of carboxylic acid groups (broad SMARTS) is 1. The van der Waals surface area contributed by atoms with Crippen LogP contribution in [0.15, 0.2) is 18.2 Å². The van der Waals surface area contributed by atoms with E-state index in [1.807, 2.05) is 6.92 Å². The zero-order chi connectivity index (χ0) is 16.0. The van der Waals surface area contributed by atoms with E-state index in [-0.39, 0.29) is 23.3 Å². The molecule has 0 heterocycles. The maximum atomic E-state index is 13.4. The number of carbonyl (C=O) groups is 2. The third-order valence-corrected chi connectivity index (χ3v) is 3.21. The molecule has 1 rings (SSSR count). The normalized spacial score (nSPS) is 13.5. The molecular weight excluding hydrogens is 301 g/mol. The van der Waals surface area contributed by atoms with Crippen LogP contribution in [0.3, 0.4) is 0 Å². The van der Waals surface area contributed by atoms with Crippen LogP contribution in [0.25, 0.3) is 0 Å². The van der Waals surface area contributed by atoms with Gasteiger partial charge in [0.25, 0.3) is 0 Å². The molecule has 1 aromatic carbocycles. The Bertz CT molecular complexity index is 524. The van der Waals surface area contributed by atoms with E-state index in [1.165, 1.54) is 12.1 Å². The van der Waals surface area contributed by atoms with Gasteiger partial charge in [-0.15, -0.1) is 0 Å². The Hall–Kier alpha value is -1.66. The number of halogens is 2. The van der Waals surface area contributed by atoms with Crippen LogP contribution in [-0.4, -0.2) is 29.7 Å². The molecule has 0 aromatic heterocycles. The number of amides is 1. The second-order valence-electron chi connectivity index (χ2n) is 4.54. The summed E-state index contributed by atoms with van der Waals surface area (Å²) in [7, 11) is 0. The molecule has 0 radical (unpaired) electrons. The summed E-state index contributed by atoms with van der Waals surface area (Å²) >= 11 is 5.54. The molecule has 21 heavy (non-hydrogen) atoms. The first-order valence-corrected chi connectivity index (χ1v) is 6.81. The van der Waals surface area contributed by atoms with Gasteiger partial charge in [0.1, 0.15) is 12.4 Å². The van der Waals surface area contributed by atoms with Gasteiger partial charge in [0, 0.05) is 0 Å². The number of rotatable bonds is 7. The molecule has 2 atom stereocenters. The standard InChI is InChI=1S/C14H17ClFNO4/c1-3-8(2)21-7-12(18)17-13(14(19)20)9-4-5-10(15)11(16)6-9/h4-6,8,13H,3,7H2,1-2H3,(H,17,18)(H,19,20). The highest BCUT2D eigenvalue weighted by atomic mass is 35.5. The van der Waals surface area contributed by atoms with Gasteiger partial charge in [-0.25, -0.2) is 9.18 Å². The van der Waals surface area contributed by atoms with Crippen LogP contribution in [0.1, 0.15) is 31.9 Å². The lowest BCUT2D eigenvalue weighted by Gasteiger charge is -2.16. The number of carbonyl (C=O) groups excluding carboxylic acids is 1. The summed E-state index contributed by atoms with van der Waals surface area (Å²) in [6.07, 6.45) is 0.630. The van der Waals surface area contributed by atoms with Gasteiger partial charge in [0.05, 0.1) is 11.1 Å². The zero-order valence-corrected chi connectivity index (χ0v) is 12.5. The van der Waals surface area contributed by atoms with Gasteiger partial charge in [0.2, 0.25) is 5.91 Å². The van der Waals surface area contributed by atoms with Crippen molar-refractivity contribution in [3.8, 4) is 0 Å². The Morgan fingerprint density at radius 1 is 1.48 bits per heavy atom. The van der Waals surface area contributed by atoms with E-state index in [0.717, 1.165) is 12.5 Å². The van der Waals surface area contributed by atoms with Gasteiger partial charge in [-0.3, -0.25) is 4.79 Å². The first kappa shape index (κ1) is 17.4. The molecule has 7 heteroatoms. The molecule has 1 aromatic rings. The summed E-state index contributed by atoms with van der Waals surface area (Å²) in [5.41, 5.74) is 0.0984. The average Bonchev–Trinajstić information content (AvgIpc) is 2.44. The van der Waals surface area contributed by atoms with Crippen LogP contribution in [0.5, 0.6) is 0 Å². The quantitative estimate of drug-likeness (QED) is 0.810. The van der Waals surface area contributed by atoms with Gasteiger partial charge < -0.3 is 15.2 Å². The molecule has 0 saturated heterocycles. The largest absolute Gasteiger partial charge is 0.479 e. The second-order valence-corrected chi connectivity index (χ2v) is 4.95. The molecule has 1 amide bonds. The van der Waals surface area contributed by atoms with E-state index < -0.39 is 23.7 Å². The summed E-state index contributed by atoms with van der Waals surface area (Å²) in [5.74, 6) is -2.63. The SMILES string of the molecule is CCC(C)OCC(=O)NC(C(=O)O)c1ccc(Cl)c(F)c1. The van der Waals surface area contributed by atoms with E-state index in [0.29, 0.717) is 0 Å². The van der Waals surface area contributed by atoms with Gasteiger partial charge in [-0.2, -0.15) is 0 Å². The highest BCUT2D eigenvalue weighted by molar-refractivity contribution is 6.30. The first-order valence-electron chi connectivity index (χ1n) is 6.43. The maximum Gasteiger partial charge on any atom is 0.330 e. The summed E-state index contributed by atoms with van der Waals surface area (Å²) in [4.78, 5) is 22.9. The molecule has 0 aliphatic rings. The topological polar surface area (TPSA) is 75.6 Å². The van der Waals surface area contributed by atoms with Crippen molar-refractivity contribution in [1.82, 2.24) is 5.32 Å². The minimum absolute atomic E-state index is 0.0984. The number of carboxylic acids is 1. The monoisotopic (exact) mass is 317 g/mol. The van der Waals surface area contributed by atoms with Crippen molar-refractivity contribution in [3.63, 3.8) is 0 Å². The Balaban J connectivity index is 2.76. The zero-order valence-electron chi connectivity index (χ0n) is 11.7. The minimum Gasteiger partial charge on any atom is -0.479 e. The Labute approximate surface area is 127 Å². The van der Waals surface area contributed by atoms with Crippen LogP contribution >= 0.6 is 11.6 Å². The fraction of sp³-hybridized carbons (Fsp3) is 0.429. The lowest BCUT2D eigenvalue weighted by molar-refractivity contribution is -0.143. The van der Waals surface area contributed by atoms with Crippen LogP contribution in [0.4, 0.5) is 4.39 Å². The molecule has 0 aliphatic heterocycles. The van der Waals surface area contributed by atoms with Crippen molar-refractivity contribution in [2.24, 2.45) is 0 Å². The van der Waals surface area contributed by atoms with E-state index >= 15 is 0 Å². The molecule has 0 aliphatic carbocycles. The van der Waals surface area contributed by atoms with Crippen LogP contribution in [0, 0.1) is 5.82 Å². The predicted octanol–water partition coefficient (Wildman–Crippen LogP) is 2.54. The lowest BCUT2D eigenvalue weighted by Crippen LogP contribution is -2.36. The van der Waals surface area contributed by atoms with Crippen molar-refractivity contribution < 1.29 is 23.8 Å². The molecule has 0 spiro atoms. The van der Waals surface area contributed by atoms with Crippen molar-refractivity contribution in [3.05, 3.63) is 34.6 Å². The number of hydrogen-bond acceptors (Lipinski definition) is 3. The molecule has 2 N–H and O–H groups in total. The Kier molecular flexibility index (Phi) is 6.58. The van der Waals surface area contributed by atoms with Gasteiger partial charge in [-0.05, 0) is 31.0 Å². The summed E-state index contributed by atoms with van der Waals surface area (Å²) < 4.78 is 18.6. The molecule has 0 bridgehead atoms. The fourth-order valence-electron chi connectivity index (χ4n) is 1.52. The molecule has 0 saturated carbocycles. The highest BCUT2D eigenvalue weighted by Gasteiger charge is 2.23. The van der Waals surface area contributed by atoms with Gasteiger partial charge in [0.15, 0.2) is 6.04 Å². The minimum atomic E-state index is -1.36. The molecule has 5 nitrogen and oxygen atoms in total. The van der Waals surface area contributed by atoms with Crippen LogP contribution in [0.2, 0.25) is 5.02 Å². The average molecular weight is 318 g/mol. The molecule has 0 fully saturated rings. The van der Waals surface area contributed by atoms with Gasteiger partial charge >= 0.3 is 5.97 Å². The predicted molar refractivity (Wildman–Crippen MR) is 75.6 cm³/mol. The molecular formula is C14H17ClFNO4. The van der Waals surface area contributed by atoms with E-state index in [4.69, 9.17) is 21.4 Å². The molecule has 116 valence electrons. The van der Waals surface area contributed by atoms with Crippen molar-refractivity contribution in [2.45, 2.75) is 32.4 Å². The number of aliphatic carboxylic acids is 1. The number of ether oxygens (including phenoxy) is 1. The summed E-state index contributed by atoms with van der Waals surface area (Å²) in [6.45, 7) is 3.45. The number of hydrogen-bond donors (Lipinski definition) is 2. The lowest BCUT2D eigenvalue weighted by atomic mass is 10.1. The Morgan fingerprint density at radius 3 is 2.67 bits per heavy atom. The van der Waals surface area contributed by atoms with E-state index in [1.54, 1.807) is 6.92 Å². The van der Waals surface area contributed by atoms with Crippen molar-refractivity contribution >= 4 is 23.5 Å². The Morgan fingerprint density at radius 2 is 2.14 bits per heavy atom.